The lowest BCUT2D eigenvalue weighted by Crippen LogP contribution is -2.40. The molecule has 1 fully saturated rings. The molecular formula is C17H23NOS. The average Bonchev–Trinajstić information content (AvgIpc) is 3.15. The van der Waals surface area contributed by atoms with E-state index in [1.165, 1.54) is 48.8 Å². The second-order valence-electron chi connectivity index (χ2n) is 6.79. The second kappa shape index (κ2) is 4.67. The quantitative estimate of drug-likeness (QED) is 0.906. The van der Waals surface area contributed by atoms with E-state index in [2.05, 4.69) is 31.3 Å². The van der Waals surface area contributed by atoms with E-state index in [1.54, 1.807) is 0 Å². The number of hydrogen-bond donors (Lipinski definition) is 1. The van der Waals surface area contributed by atoms with E-state index in [1.807, 2.05) is 0 Å². The predicted molar refractivity (Wildman–Crippen MR) is 82.4 cm³/mol. The molecule has 1 aromatic carbocycles. The predicted octanol–water partition coefficient (Wildman–Crippen LogP) is 3.11. The number of rotatable bonds is 2. The van der Waals surface area contributed by atoms with Crippen LogP contribution in [0, 0.1) is 5.92 Å². The molecule has 0 amide bonds. The molecule has 1 aliphatic heterocycles. The van der Waals surface area contributed by atoms with Crippen molar-refractivity contribution in [1.29, 1.82) is 0 Å². The van der Waals surface area contributed by atoms with Crippen LogP contribution in [0.15, 0.2) is 17.0 Å². The van der Waals surface area contributed by atoms with Gasteiger partial charge in [-0.25, -0.2) is 0 Å². The maximum atomic E-state index is 12.8. The van der Waals surface area contributed by atoms with Gasteiger partial charge in [0.05, 0.1) is 10.8 Å². The number of fused-ring (bicyclic) bond motifs is 2. The van der Waals surface area contributed by atoms with Gasteiger partial charge in [-0.15, -0.1) is 0 Å². The Kier molecular flexibility index (Phi) is 3.04. The first-order chi connectivity index (χ1) is 9.65. The van der Waals surface area contributed by atoms with E-state index in [9.17, 15) is 4.21 Å². The Hall–Kier alpha value is -0.670. The van der Waals surface area contributed by atoms with E-state index < -0.39 is 10.8 Å². The lowest BCUT2D eigenvalue weighted by molar-refractivity contribution is 0.363. The molecule has 1 N–H and O–H groups in total. The van der Waals surface area contributed by atoms with Crippen LogP contribution in [0.2, 0.25) is 0 Å². The summed E-state index contributed by atoms with van der Waals surface area (Å²) in [4.78, 5) is 1.12. The second-order valence-corrected chi connectivity index (χ2v) is 8.57. The molecule has 0 aromatic heterocycles. The minimum absolute atomic E-state index is 0.248. The highest BCUT2D eigenvalue weighted by Crippen LogP contribution is 2.42. The molecule has 4 rings (SSSR count). The summed E-state index contributed by atoms with van der Waals surface area (Å²) < 4.78 is 12.8. The van der Waals surface area contributed by atoms with Crippen LogP contribution in [0.1, 0.15) is 55.8 Å². The van der Waals surface area contributed by atoms with Crippen LogP contribution >= 0.6 is 0 Å². The molecule has 2 aliphatic carbocycles. The fraction of sp³-hybridized carbons (Fsp3) is 0.647. The fourth-order valence-electron chi connectivity index (χ4n) is 3.73. The molecule has 0 radical (unpaired) electrons. The van der Waals surface area contributed by atoms with Crippen molar-refractivity contribution >= 4 is 10.8 Å². The Morgan fingerprint density at radius 3 is 2.55 bits per heavy atom. The van der Waals surface area contributed by atoms with Crippen molar-refractivity contribution in [3.63, 3.8) is 0 Å². The summed E-state index contributed by atoms with van der Waals surface area (Å²) >= 11 is 0. The summed E-state index contributed by atoms with van der Waals surface area (Å²) in [6.07, 6.45) is 6.25. The highest BCUT2D eigenvalue weighted by atomic mass is 32.2. The Labute approximate surface area is 123 Å². The maximum Gasteiger partial charge on any atom is 0.0564 e. The van der Waals surface area contributed by atoms with Crippen LogP contribution in [0.4, 0.5) is 0 Å². The van der Waals surface area contributed by atoms with Crippen LogP contribution in [0.25, 0.3) is 0 Å². The van der Waals surface area contributed by atoms with Gasteiger partial charge in [0.1, 0.15) is 0 Å². The zero-order chi connectivity index (χ0) is 13.9. The summed E-state index contributed by atoms with van der Waals surface area (Å²) in [5, 5.41) is 4.05. The summed E-state index contributed by atoms with van der Waals surface area (Å²) in [5.74, 6) is 0.448. The van der Waals surface area contributed by atoms with Crippen LogP contribution in [0.3, 0.4) is 0 Å². The van der Waals surface area contributed by atoms with Crippen LogP contribution < -0.4 is 5.32 Å². The molecule has 20 heavy (non-hydrogen) atoms. The molecule has 108 valence electrons. The van der Waals surface area contributed by atoms with E-state index in [0.717, 1.165) is 4.90 Å². The first kappa shape index (κ1) is 13.0. The molecule has 0 spiro atoms. The number of aryl methyl sites for hydroxylation is 2. The largest absolute Gasteiger partial charge is 0.307 e. The zero-order valence-electron chi connectivity index (χ0n) is 12.3. The minimum atomic E-state index is -0.837. The molecule has 4 unspecified atom stereocenters. The number of nitrogens with one attached hydrogen (secondary N) is 1. The van der Waals surface area contributed by atoms with Crippen molar-refractivity contribution in [3.05, 3.63) is 28.8 Å². The Morgan fingerprint density at radius 1 is 1.15 bits per heavy atom. The van der Waals surface area contributed by atoms with Crippen molar-refractivity contribution in [2.45, 2.75) is 68.2 Å². The molecular weight excluding hydrogens is 266 g/mol. The third-order valence-corrected chi connectivity index (χ3v) is 7.26. The summed E-state index contributed by atoms with van der Waals surface area (Å²) in [6, 6.07) is 5.73. The van der Waals surface area contributed by atoms with Gasteiger partial charge in [0.15, 0.2) is 0 Å². The normalized spacial score (nSPS) is 35.7. The first-order valence-corrected chi connectivity index (χ1v) is 9.19. The van der Waals surface area contributed by atoms with Crippen LogP contribution in [-0.4, -0.2) is 15.5 Å². The Morgan fingerprint density at radius 2 is 1.85 bits per heavy atom. The molecule has 1 heterocycles. The van der Waals surface area contributed by atoms with Gasteiger partial charge >= 0.3 is 0 Å². The summed E-state index contributed by atoms with van der Waals surface area (Å²) in [7, 11) is -0.837. The van der Waals surface area contributed by atoms with E-state index in [0.29, 0.717) is 18.0 Å². The smallest absolute Gasteiger partial charge is 0.0564 e. The third kappa shape index (κ3) is 1.98. The highest BCUT2D eigenvalue weighted by molar-refractivity contribution is 7.85. The Bertz CT molecular complexity index is 579. The fourth-order valence-corrected chi connectivity index (χ4v) is 5.36. The van der Waals surface area contributed by atoms with Crippen molar-refractivity contribution in [1.82, 2.24) is 5.32 Å². The van der Waals surface area contributed by atoms with Gasteiger partial charge in [0.25, 0.3) is 0 Å². The summed E-state index contributed by atoms with van der Waals surface area (Å²) in [5.41, 5.74) is 4.29. The average molecular weight is 289 g/mol. The van der Waals surface area contributed by atoms with Gasteiger partial charge in [-0.05, 0) is 60.8 Å². The molecule has 4 atom stereocenters. The van der Waals surface area contributed by atoms with Gasteiger partial charge in [0, 0.05) is 22.2 Å². The Balaban J connectivity index is 1.81. The van der Waals surface area contributed by atoms with E-state index in [-0.39, 0.29) is 5.25 Å². The maximum absolute atomic E-state index is 12.8. The van der Waals surface area contributed by atoms with Gasteiger partial charge < -0.3 is 5.32 Å². The summed E-state index contributed by atoms with van der Waals surface area (Å²) in [6.45, 7) is 4.41. The van der Waals surface area contributed by atoms with Crippen molar-refractivity contribution < 1.29 is 4.21 Å². The van der Waals surface area contributed by atoms with Gasteiger partial charge in [0.2, 0.25) is 0 Å². The zero-order valence-corrected chi connectivity index (χ0v) is 13.1. The molecule has 0 saturated heterocycles. The SMILES string of the molecule is CC1C(NC2CC2)c2cc3c(cc2S(=O)C1C)CCC3. The monoisotopic (exact) mass is 289 g/mol. The minimum Gasteiger partial charge on any atom is -0.307 e. The van der Waals surface area contributed by atoms with E-state index in [4.69, 9.17) is 0 Å². The van der Waals surface area contributed by atoms with Crippen molar-refractivity contribution in [3.8, 4) is 0 Å². The topological polar surface area (TPSA) is 29.1 Å². The standard InChI is InChI=1S/C17H23NOS/c1-10-11(2)20(19)16-9-13-5-3-4-12(13)8-15(16)17(10)18-14-6-7-14/h8-11,14,17-18H,3-7H2,1-2H3. The first-order valence-electron chi connectivity index (χ1n) is 7.97. The molecule has 3 aliphatic rings. The number of benzene rings is 1. The van der Waals surface area contributed by atoms with Crippen LogP contribution in [-0.2, 0) is 23.6 Å². The molecule has 1 saturated carbocycles. The van der Waals surface area contributed by atoms with Gasteiger partial charge in [-0.1, -0.05) is 19.9 Å². The van der Waals surface area contributed by atoms with E-state index >= 15 is 0 Å². The molecule has 1 aromatic rings. The molecule has 3 heteroatoms. The number of hydrogen-bond acceptors (Lipinski definition) is 2. The highest BCUT2D eigenvalue weighted by Gasteiger charge is 2.39. The van der Waals surface area contributed by atoms with Gasteiger partial charge in [-0.3, -0.25) is 4.21 Å². The van der Waals surface area contributed by atoms with Crippen LogP contribution in [0.5, 0.6) is 0 Å². The lowest BCUT2D eigenvalue weighted by atomic mass is 9.89. The van der Waals surface area contributed by atoms with Gasteiger partial charge in [-0.2, -0.15) is 0 Å². The molecule has 2 nitrogen and oxygen atoms in total. The third-order valence-electron chi connectivity index (χ3n) is 5.37. The van der Waals surface area contributed by atoms with Crippen molar-refractivity contribution in [2.75, 3.05) is 0 Å². The molecule has 0 bridgehead atoms. The lowest BCUT2D eigenvalue weighted by Gasteiger charge is -2.36. The van der Waals surface area contributed by atoms with Crippen molar-refractivity contribution in [2.24, 2.45) is 5.92 Å².